The zero-order valence-electron chi connectivity index (χ0n) is 17.5. The van der Waals surface area contributed by atoms with Crippen molar-refractivity contribution in [3.63, 3.8) is 0 Å². The molecule has 0 saturated carbocycles. The fourth-order valence-corrected chi connectivity index (χ4v) is 3.91. The molecule has 5 nitrogen and oxygen atoms in total. The number of hydrogen-bond acceptors (Lipinski definition) is 4. The number of carbonyl (C=O) groups excluding carboxylic acids is 1. The third-order valence-electron chi connectivity index (χ3n) is 5.68. The quantitative estimate of drug-likeness (QED) is 0.585. The fourth-order valence-electron chi connectivity index (χ4n) is 3.91. The number of nitrogens with zero attached hydrogens (tertiary/aromatic N) is 2. The van der Waals surface area contributed by atoms with Gasteiger partial charge in [-0.3, -0.25) is 4.79 Å². The first-order valence-electron chi connectivity index (χ1n) is 10.3. The van der Waals surface area contributed by atoms with Crippen LogP contribution in [0.15, 0.2) is 72.8 Å². The smallest absolute Gasteiger partial charge is 0.254 e. The summed E-state index contributed by atoms with van der Waals surface area (Å²) in [5, 5.41) is 9.22. The van der Waals surface area contributed by atoms with Gasteiger partial charge in [-0.2, -0.15) is 5.26 Å². The first-order chi connectivity index (χ1) is 15.2. The minimum Gasteiger partial charge on any atom is -0.497 e. The van der Waals surface area contributed by atoms with Gasteiger partial charge in [-0.15, -0.1) is 0 Å². The van der Waals surface area contributed by atoms with E-state index in [4.69, 9.17) is 9.47 Å². The van der Waals surface area contributed by atoms with Crippen LogP contribution in [0.3, 0.4) is 0 Å². The minimum absolute atomic E-state index is 0.0129. The van der Waals surface area contributed by atoms with Gasteiger partial charge in [-0.1, -0.05) is 36.4 Å². The van der Waals surface area contributed by atoms with Crippen LogP contribution in [0.4, 0.5) is 0 Å². The first-order valence-corrected chi connectivity index (χ1v) is 10.3. The molecule has 1 heterocycles. The van der Waals surface area contributed by atoms with Crippen LogP contribution in [0.1, 0.15) is 39.4 Å². The van der Waals surface area contributed by atoms with Gasteiger partial charge in [0.2, 0.25) is 0 Å². The summed E-state index contributed by atoms with van der Waals surface area (Å²) < 4.78 is 11.1. The lowest BCUT2D eigenvalue weighted by Gasteiger charge is -2.17. The average molecular weight is 412 g/mol. The van der Waals surface area contributed by atoms with Crippen LogP contribution < -0.4 is 9.47 Å². The topological polar surface area (TPSA) is 62.6 Å². The lowest BCUT2D eigenvalue weighted by atomic mass is 9.98. The number of amides is 1. The highest BCUT2D eigenvalue weighted by Gasteiger charge is 2.28. The largest absolute Gasteiger partial charge is 0.497 e. The van der Waals surface area contributed by atoms with E-state index in [9.17, 15) is 10.1 Å². The predicted octanol–water partition coefficient (Wildman–Crippen LogP) is 4.78. The summed E-state index contributed by atoms with van der Waals surface area (Å²) in [5.74, 6) is 1.80. The van der Waals surface area contributed by atoms with Gasteiger partial charge < -0.3 is 14.4 Å². The molecule has 1 aliphatic heterocycles. The Hall–Kier alpha value is -3.78. The Morgan fingerprint density at radius 3 is 2.65 bits per heavy atom. The van der Waals surface area contributed by atoms with E-state index in [1.54, 1.807) is 19.2 Å². The molecule has 0 spiro atoms. The van der Waals surface area contributed by atoms with Crippen LogP contribution in [0.25, 0.3) is 0 Å². The molecule has 0 bridgehead atoms. The second-order valence-electron chi connectivity index (χ2n) is 7.60. The summed E-state index contributed by atoms with van der Waals surface area (Å²) >= 11 is 0. The fraction of sp³-hybridized carbons (Fsp3) is 0.231. The number of hydrogen-bond donors (Lipinski definition) is 0. The van der Waals surface area contributed by atoms with Crippen LogP contribution in [0.2, 0.25) is 0 Å². The van der Waals surface area contributed by atoms with Crippen LogP contribution in [0.5, 0.6) is 11.5 Å². The number of carbonyl (C=O) groups is 1. The Balaban J connectivity index is 1.40. The van der Waals surface area contributed by atoms with Crippen LogP contribution >= 0.6 is 0 Å². The lowest BCUT2D eigenvalue weighted by Crippen LogP contribution is -2.28. The molecule has 1 atom stereocenters. The molecule has 1 fully saturated rings. The third kappa shape index (κ3) is 4.70. The van der Waals surface area contributed by atoms with Crippen molar-refractivity contribution in [2.45, 2.75) is 18.9 Å². The maximum Gasteiger partial charge on any atom is 0.254 e. The maximum atomic E-state index is 13.1. The van der Waals surface area contributed by atoms with Crippen LogP contribution in [-0.4, -0.2) is 31.0 Å². The summed E-state index contributed by atoms with van der Waals surface area (Å²) in [6.45, 7) is 1.71. The lowest BCUT2D eigenvalue weighted by molar-refractivity contribution is 0.0790. The molecular weight excluding hydrogens is 388 g/mol. The molecule has 0 aliphatic carbocycles. The third-order valence-corrected chi connectivity index (χ3v) is 5.68. The van der Waals surface area contributed by atoms with Gasteiger partial charge in [-0.05, 0) is 48.4 Å². The highest BCUT2D eigenvalue weighted by atomic mass is 16.5. The van der Waals surface area contributed by atoms with Crippen molar-refractivity contribution in [3.05, 3.63) is 95.1 Å². The highest BCUT2D eigenvalue weighted by Crippen LogP contribution is 2.30. The van der Waals surface area contributed by atoms with E-state index < -0.39 is 0 Å². The zero-order chi connectivity index (χ0) is 21.6. The van der Waals surface area contributed by atoms with Crippen molar-refractivity contribution in [3.8, 4) is 17.6 Å². The summed E-state index contributed by atoms with van der Waals surface area (Å²) in [5.41, 5.74) is 3.26. The van der Waals surface area contributed by atoms with Crippen molar-refractivity contribution in [1.29, 1.82) is 5.26 Å². The number of likely N-dealkylation sites (tertiary alicyclic amines) is 1. The van der Waals surface area contributed by atoms with E-state index in [-0.39, 0.29) is 12.5 Å². The number of methoxy groups -OCH3 is 1. The molecule has 1 saturated heterocycles. The van der Waals surface area contributed by atoms with Crippen molar-refractivity contribution in [1.82, 2.24) is 4.90 Å². The number of rotatable bonds is 6. The summed E-state index contributed by atoms with van der Waals surface area (Å²) in [6.07, 6.45) is 0.944. The minimum atomic E-state index is 0.0129. The summed E-state index contributed by atoms with van der Waals surface area (Å²) in [4.78, 5) is 15.0. The molecular formula is C26H24N2O3. The standard InChI is InChI=1S/C26H24N2O3/c1-30-24-11-9-19(10-12-24)22-13-14-28(17-22)26(29)20-7-4-8-25(15-20)31-18-23-6-3-2-5-21(23)16-27/h2-12,15,22H,13-14,17-18H2,1H3. The van der Waals surface area contributed by atoms with Gasteiger partial charge in [-0.25, -0.2) is 0 Å². The van der Waals surface area contributed by atoms with Crippen molar-refractivity contribution in [2.24, 2.45) is 0 Å². The molecule has 1 amide bonds. The van der Waals surface area contributed by atoms with Gasteiger partial charge in [0, 0.05) is 30.1 Å². The van der Waals surface area contributed by atoms with Gasteiger partial charge in [0.1, 0.15) is 18.1 Å². The molecule has 5 heteroatoms. The molecule has 156 valence electrons. The first kappa shape index (κ1) is 20.5. The Bertz CT molecular complexity index is 1100. The van der Waals surface area contributed by atoms with Gasteiger partial charge >= 0.3 is 0 Å². The van der Waals surface area contributed by atoms with E-state index >= 15 is 0 Å². The Labute approximate surface area is 182 Å². The molecule has 3 aromatic carbocycles. The van der Waals surface area contributed by atoms with Crippen LogP contribution in [0, 0.1) is 11.3 Å². The van der Waals surface area contributed by atoms with Crippen molar-refractivity contribution < 1.29 is 14.3 Å². The average Bonchev–Trinajstić information content (AvgIpc) is 3.33. The Morgan fingerprint density at radius 1 is 1.06 bits per heavy atom. The molecule has 0 aromatic heterocycles. The molecule has 0 N–H and O–H groups in total. The number of nitriles is 1. The van der Waals surface area contributed by atoms with Crippen molar-refractivity contribution in [2.75, 3.05) is 20.2 Å². The van der Waals surface area contributed by atoms with E-state index in [0.717, 1.165) is 24.3 Å². The number of ether oxygens (including phenoxy) is 2. The molecule has 3 aromatic rings. The monoisotopic (exact) mass is 412 g/mol. The van der Waals surface area contributed by atoms with E-state index in [1.807, 2.05) is 53.4 Å². The molecule has 1 aliphatic rings. The second kappa shape index (κ2) is 9.36. The van der Waals surface area contributed by atoms with Crippen LogP contribution in [-0.2, 0) is 6.61 Å². The Kier molecular flexibility index (Phi) is 6.18. The zero-order valence-corrected chi connectivity index (χ0v) is 17.5. The van der Waals surface area contributed by atoms with Gasteiger partial charge in [0.25, 0.3) is 5.91 Å². The normalized spacial score (nSPS) is 15.4. The molecule has 1 unspecified atom stereocenters. The van der Waals surface area contributed by atoms with E-state index in [1.165, 1.54) is 5.56 Å². The summed E-state index contributed by atoms with van der Waals surface area (Å²) in [6, 6.07) is 24.9. The molecule has 0 radical (unpaired) electrons. The van der Waals surface area contributed by atoms with Crippen molar-refractivity contribution >= 4 is 5.91 Å². The van der Waals surface area contributed by atoms with E-state index in [0.29, 0.717) is 29.3 Å². The molecule has 31 heavy (non-hydrogen) atoms. The van der Waals surface area contributed by atoms with Gasteiger partial charge in [0.05, 0.1) is 18.7 Å². The van der Waals surface area contributed by atoms with Gasteiger partial charge in [0.15, 0.2) is 0 Å². The maximum absolute atomic E-state index is 13.1. The number of benzene rings is 3. The Morgan fingerprint density at radius 2 is 1.87 bits per heavy atom. The summed E-state index contributed by atoms with van der Waals surface area (Å²) in [7, 11) is 1.66. The highest BCUT2D eigenvalue weighted by molar-refractivity contribution is 5.94. The second-order valence-corrected chi connectivity index (χ2v) is 7.60. The van der Waals surface area contributed by atoms with E-state index in [2.05, 4.69) is 18.2 Å². The SMILES string of the molecule is COc1ccc(C2CCN(C(=O)c3cccc(OCc4ccccc4C#N)c3)C2)cc1. The predicted molar refractivity (Wildman–Crippen MR) is 118 cm³/mol. The molecule has 4 rings (SSSR count).